The zero-order valence-corrected chi connectivity index (χ0v) is 7.56. The van der Waals surface area contributed by atoms with E-state index in [1.165, 1.54) is 6.92 Å². The van der Waals surface area contributed by atoms with Gasteiger partial charge < -0.3 is 11.1 Å². The molecule has 0 bridgehead atoms. The maximum Gasteiger partial charge on any atom is 0.221 e. The lowest BCUT2D eigenvalue weighted by molar-refractivity contribution is -0.114. The third-order valence-corrected chi connectivity index (χ3v) is 1.62. The van der Waals surface area contributed by atoms with Crippen molar-refractivity contribution in [2.45, 2.75) is 11.8 Å². The van der Waals surface area contributed by atoms with Crippen molar-refractivity contribution in [1.82, 2.24) is 0 Å². The minimum absolute atomic E-state index is 0.131. The van der Waals surface area contributed by atoms with Gasteiger partial charge in [0.15, 0.2) is 0 Å². The van der Waals surface area contributed by atoms with Crippen LogP contribution in [0.15, 0.2) is 23.1 Å². The van der Waals surface area contributed by atoms with Crippen molar-refractivity contribution in [2.24, 2.45) is 0 Å². The normalized spacial score (nSPS) is 9.50. The first-order valence-corrected chi connectivity index (χ1v) is 3.90. The second-order valence-electron chi connectivity index (χ2n) is 2.45. The lowest BCUT2D eigenvalue weighted by atomic mass is 10.2. The Kier molecular flexibility index (Phi) is 2.60. The Morgan fingerprint density at radius 2 is 2.25 bits per heavy atom. The largest absolute Gasteiger partial charge is 0.397 e. The summed E-state index contributed by atoms with van der Waals surface area (Å²) < 4.78 is 0. The second-order valence-corrected chi connectivity index (χ2v) is 2.97. The van der Waals surface area contributed by atoms with Crippen LogP contribution >= 0.6 is 12.6 Å². The second kappa shape index (κ2) is 3.49. The summed E-state index contributed by atoms with van der Waals surface area (Å²) in [6, 6.07) is 5.18. The minimum Gasteiger partial charge on any atom is -0.397 e. The maximum atomic E-state index is 10.7. The number of hydrogen-bond acceptors (Lipinski definition) is 3. The van der Waals surface area contributed by atoms with E-state index in [1.54, 1.807) is 18.2 Å². The molecule has 12 heavy (non-hydrogen) atoms. The number of benzene rings is 1. The Morgan fingerprint density at radius 3 is 2.75 bits per heavy atom. The van der Waals surface area contributed by atoms with Gasteiger partial charge in [-0.15, -0.1) is 12.6 Å². The van der Waals surface area contributed by atoms with Gasteiger partial charge in [-0.2, -0.15) is 0 Å². The van der Waals surface area contributed by atoms with E-state index in [-0.39, 0.29) is 5.91 Å². The fourth-order valence-corrected chi connectivity index (χ4v) is 1.07. The molecule has 0 saturated carbocycles. The van der Waals surface area contributed by atoms with E-state index in [9.17, 15) is 4.79 Å². The molecule has 1 aromatic rings. The topological polar surface area (TPSA) is 55.1 Å². The number of hydrogen-bond donors (Lipinski definition) is 3. The summed E-state index contributed by atoms with van der Waals surface area (Å²) in [5, 5.41) is 2.60. The predicted octanol–water partition coefficient (Wildman–Crippen LogP) is 1.52. The van der Waals surface area contributed by atoms with Crippen LogP contribution in [0.2, 0.25) is 0 Å². The van der Waals surface area contributed by atoms with Crippen molar-refractivity contribution in [1.29, 1.82) is 0 Å². The average molecular weight is 182 g/mol. The van der Waals surface area contributed by atoms with Gasteiger partial charge in [-0.05, 0) is 18.2 Å². The van der Waals surface area contributed by atoms with E-state index >= 15 is 0 Å². The van der Waals surface area contributed by atoms with Crippen LogP contribution < -0.4 is 11.1 Å². The Hall–Kier alpha value is -1.16. The van der Waals surface area contributed by atoms with Crippen molar-refractivity contribution in [3.05, 3.63) is 18.2 Å². The summed E-state index contributed by atoms with van der Waals surface area (Å²) in [7, 11) is 0. The molecule has 1 rings (SSSR count). The third kappa shape index (κ3) is 2.17. The van der Waals surface area contributed by atoms with Gasteiger partial charge in [0.25, 0.3) is 0 Å². The molecule has 3 nitrogen and oxygen atoms in total. The molecule has 0 aliphatic carbocycles. The van der Waals surface area contributed by atoms with E-state index < -0.39 is 0 Å². The molecular weight excluding hydrogens is 172 g/mol. The molecule has 0 heterocycles. The molecule has 1 amide bonds. The monoisotopic (exact) mass is 182 g/mol. The molecule has 0 fully saturated rings. The molecule has 1 aromatic carbocycles. The summed E-state index contributed by atoms with van der Waals surface area (Å²) in [4.78, 5) is 11.4. The van der Waals surface area contributed by atoms with E-state index in [0.29, 0.717) is 11.4 Å². The maximum absolute atomic E-state index is 10.7. The number of carbonyl (C=O) groups is 1. The molecule has 0 unspecified atom stereocenters. The summed E-state index contributed by atoms with van der Waals surface area (Å²) >= 11 is 4.10. The van der Waals surface area contributed by atoms with Gasteiger partial charge in [0.1, 0.15) is 0 Å². The van der Waals surface area contributed by atoms with Crippen LogP contribution in [0, 0.1) is 0 Å². The van der Waals surface area contributed by atoms with Gasteiger partial charge in [0.2, 0.25) is 5.91 Å². The molecule has 0 aromatic heterocycles. The lowest BCUT2D eigenvalue weighted by Gasteiger charge is -2.05. The molecule has 4 heteroatoms. The first-order valence-electron chi connectivity index (χ1n) is 3.45. The van der Waals surface area contributed by atoms with E-state index in [4.69, 9.17) is 5.73 Å². The van der Waals surface area contributed by atoms with E-state index in [1.807, 2.05) is 0 Å². The van der Waals surface area contributed by atoms with Crippen LogP contribution in [0.25, 0.3) is 0 Å². The fourth-order valence-electron chi connectivity index (χ4n) is 0.854. The molecule has 0 atom stereocenters. The summed E-state index contributed by atoms with van der Waals surface area (Å²) in [5.41, 5.74) is 6.76. The number of amides is 1. The molecule has 3 N–H and O–H groups in total. The van der Waals surface area contributed by atoms with Crippen molar-refractivity contribution in [2.75, 3.05) is 11.1 Å². The van der Waals surface area contributed by atoms with Crippen LogP contribution in [-0.2, 0) is 4.79 Å². The minimum atomic E-state index is -0.131. The quantitative estimate of drug-likeness (QED) is 0.455. The van der Waals surface area contributed by atoms with Gasteiger partial charge in [0.05, 0.1) is 11.4 Å². The zero-order valence-electron chi connectivity index (χ0n) is 6.66. The zero-order chi connectivity index (χ0) is 9.14. The number of nitrogen functional groups attached to an aromatic ring is 1. The summed E-state index contributed by atoms with van der Waals surface area (Å²) in [5.74, 6) is -0.131. The first kappa shape index (κ1) is 8.93. The molecule has 0 aliphatic heterocycles. The van der Waals surface area contributed by atoms with Crippen molar-refractivity contribution >= 4 is 29.9 Å². The van der Waals surface area contributed by atoms with Gasteiger partial charge in [0, 0.05) is 11.8 Å². The third-order valence-electron chi connectivity index (χ3n) is 1.35. The van der Waals surface area contributed by atoms with Gasteiger partial charge in [-0.1, -0.05) is 0 Å². The Labute approximate surface area is 76.4 Å². The van der Waals surface area contributed by atoms with E-state index in [0.717, 1.165) is 4.90 Å². The SMILES string of the molecule is CC(=O)Nc1ccc(S)cc1N. The highest BCUT2D eigenvalue weighted by atomic mass is 32.1. The van der Waals surface area contributed by atoms with Crippen molar-refractivity contribution in [3.63, 3.8) is 0 Å². The van der Waals surface area contributed by atoms with Crippen LogP contribution in [0.1, 0.15) is 6.92 Å². The van der Waals surface area contributed by atoms with Crippen LogP contribution in [0.4, 0.5) is 11.4 Å². The number of thiol groups is 1. The highest BCUT2D eigenvalue weighted by Crippen LogP contribution is 2.21. The molecule has 0 saturated heterocycles. The average Bonchev–Trinajstić information content (AvgIpc) is 1.94. The Balaban J connectivity index is 2.93. The molecular formula is C8H10N2OS. The van der Waals surface area contributed by atoms with E-state index in [2.05, 4.69) is 17.9 Å². The highest BCUT2D eigenvalue weighted by Gasteiger charge is 1.99. The summed E-state index contributed by atoms with van der Waals surface area (Å²) in [6.45, 7) is 1.44. The molecule has 64 valence electrons. The Morgan fingerprint density at radius 1 is 1.58 bits per heavy atom. The predicted molar refractivity (Wildman–Crippen MR) is 52.4 cm³/mol. The highest BCUT2D eigenvalue weighted by molar-refractivity contribution is 7.80. The number of nitrogens with two attached hydrogens (primary N) is 1. The van der Waals surface area contributed by atoms with Gasteiger partial charge in [-0.25, -0.2) is 0 Å². The van der Waals surface area contributed by atoms with Gasteiger partial charge in [-0.3, -0.25) is 4.79 Å². The molecule has 0 aliphatic rings. The number of nitrogens with one attached hydrogen (secondary N) is 1. The smallest absolute Gasteiger partial charge is 0.221 e. The van der Waals surface area contributed by atoms with Crippen LogP contribution in [0.3, 0.4) is 0 Å². The van der Waals surface area contributed by atoms with Crippen molar-refractivity contribution in [3.8, 4) is 0 Å². The van der Waals surface area contributed by atoms with Crippen LogP contribution in [0.5, 0.6) is 0 Å². The lowest BCUT2D eigenvalue weighted by Crippen LogP contribution is -2.07. The molecule has 0 spiro atoms. The Bertz CT molecular complexity index is 312. The molecule has 0 radical (unpaired) electrons. The van der Waals surface area contributed by atoms with Crippen molar-refractivity contribution < 1.29 is 4.79 Å². The van der Waals surface area contributed by atoms with Crippen LogP contribution in [-0.4, -0.2) is 5.91 Å². The number of rotatable bonds is 1. The summed E-state index contributed by atoms with van der Waals surface area (Å²) in [6.07, 6.45) is 0. The first-order chi connectivity index (χ1) is 5.59. The standard InChI is InChI=1S/C8H10N2OS/c1-5(11)10-8-3-2-6(12)4-7(8)9/h2-4,12H,9H2,1H3,(H,10,11). The number of carbonyl (C=O) groups excluding carboxylic acids is 1. The number of anilines is 2. The fraction of sp³-hybridized carbons (Fsp3) is 0.125. The van der Waals surface area contributed by atoms with Gasteiger partial charge >= 0.3 is 0 Å².